The molecule has 2 amide bonds. The Bertz CT molecular complexity index is 1190. The van der Waals surface area contributed by atoms with Crippen LogP contribution in [0.25, 0.3) is 10.8 Å². The van der Waals surface area contributed by atoms with Crippen LogP contribution in [-0.4, -0.2) is 39.6 Å². The summed E-state index contributed by atoms with van der Waals surface area (Å²) in [7, 11) is 0. The number of carbonyl (C=O) groups is 2. The maximum Gasteiger partial charge on any atom is 0.275 e. The second kappa shape index (κ2) is 9.75. The summed E-state index contributed by atoms with van der Waals surface area (Å²) in [5, 5.41) is 8.69. The monoisotopic (exact) mass is 440 g/mol. The number of aromatic nitrogens is 2. The molecule has 1 aromatic heterocycles. The molecular weight excluding hydrogens is 416 g/mol. The van der Waals surface area contributed by atoms with Crippen LogP contribution in [0.5, 0.6) is 0 Å². The predicted molar refractivity (Wildman–Crippen MR) is 122 cm³/mol. The molecule has 0 aliphatic rings. The standard InChI is InChI=1S/C23H25ClN4O3/c1-4-27(5-2)22(30)13-20-17-8-6-7-9-18(17)23(31)28(26-20)14-21(29)25-16-11-10-15(3)19(24)12-16/h6-12H,4-5,13-14H2,1-3H3,(H,25,29). The topological polar surface area (TPSA) is 84.3 Å². The van der Waals surface area contributed by atoms with Crippen LogP contribution in [0.3, 0.4) is 0 Å². The summed E-state index contributed by atoms with van der Waals surface area (Å²) >= 11 is 6.11. The van der Waals surface area contributed by atoms with E-state index in [1.54, 1.807) is 47.4 Å². The maximum atomic E-state index is 12.9. The summed E-state index contributed by atoms with van der Waals surface area (Å²) < 4.78 is 1.11. The van der Waals surface area contributed by atoms with Crippen LogP contribution < -0.4 is 10.9 Å². The molecule has 0 fully saturated rings. The lowest BCUT2D eigenvalue weighted by Gasteiger charge is -2.19. The first-order valence-corrected chi connectivity index (χ1v) is 10.5. The number of rotatable bonds is 7. The number of aryl methyl sites for hydroxylation is 1. The fourth-order valence-electron chi connectivity index (χ4n) is 3.38. The lowest BCUT2D eigenvalue weighted by Crippen LogP contribution is -2.34. The Balaban J connectivity index is 1.92. The molecular formula is C23H25ClN4O3. The normalized spacial score (nSPS) is 10.8. The number of nitrogens with zero attached hydrogens (tertiary/aromatic N) is 3. The Labute approximate surface area is 185 Å². The Hall–Kier alpha value is -3.19. The molecule has 1 N–H and O–H groups in total. The van der Waals surface area contributed by atoms with Crippen molar-refractivity contribution in [2.45, 2.75) is 33.7 Å². The zero-order valence-corrected chi connectivity index (χ0v) is 18.6. The number of fused-ring (bicyclic) bond motifs is 1. The van der Waals surface area contributed by atoms with Gasteiger partial charge in [0.1, 0.15) is 6.54 Å². The van der Waals surface area contributed by atoms with Crippen LogP contribution in [0.2, 0.25) is 5.02 Å². The van der Waals surface area contributed by atoms with Gasteiger partial charge in [-0.15, -0.1) is 0 Å². The van der Waals surface area contributed by atoms with E-state index in [4.69, 9.17) is 11.6 Å². The number of amides is 2. The third kappa shape index (κ3) is 5.11. The van der Waals surface area contributed by atoms with E-state index in [1.807, 2.05) is 20.8 Å². The molecule has 8 heteroatoms. The van der Waals surface area contributed by atoms with Crippen molar-refractivity contribution in [1.29, 1.82) is 0 Å². The maximum absolute atomic E-state index is 12.9. The largest absolute Gasteiger partial charge is 0.343 e. The van der Waals surface area contributed by atoms with Gasteiger partial charge in [-0.1, -0.05) is 35.9 Å². The zero-order valence-electron chi connectivity index (χ0n) is 17.8. The first-order valence-electron chi connectivity index (χ1n) is 10.2. The lowest BCUT2D eigenvalue weighted by molar-refractivity contribution is -0.130. The van der Waals surface area contributed by atoms with Crippen LogP contribution in [0.1, 0.15) is 25.1 Å². The van der Waals surface area contributed by atoms with Crippen molar-refractivity contribution in [2.75, 3.05) is 18.4 Å². The number of carbonyl (C=O) groups excluding carboxylic acids is 2. The predicted octanol–water partition coefficient (Wildman–Crippen LogP) is 3.41. The average molecular weight is 441 g/mol. The van der Waals surface area contributed by atoms with Crippen LogP contribution in [0.15, 0.2) is 47.3 Å². The van der Waals surface area contributed by atoms with Crippen molar-refractivity contribution < 1.29 is 9.59 Å². The molecule has 0 aliphatic carbocycles. The number of hydrogen-bond donors (Lipinski definition) is 1. The summed E-state index contributed by atoms with van der Waals surface area (Å²) in [5.41, 5.74) is 1.52. The molecule has 0 unspecified atom stereocenters. The molecule has 1 heterocycles. The second-order valence-corrected chi connectivity index (χ2v) is 7.62. The molecule has 0 aliphatic heterocycles. The fraction of sp³-hybridized carbons (Fsp3) is 0.304. The minimum atomic E-state index is -0.411. The Morgan fingerprint density at radius 3 is 2.42 bits per heavy atom. The summed E-state index contributed by atoms with van der Waals surface area (Å²) in [6.45, 7) is 6.60. The second-order valence-electron chi connectivity index (χ2n) is 7.21. The van der Waals surface area contributed by atoms with Crippen LogP contribution in [-0.2, 0) is 22.6 Å². The lowest BCUT2D eigenvalue weighted by atomic mass is 10.1. The Morgan fingerprint density at radius 1 is 1.10 bits per heavy atom. The van der Waals surface area contributed by atoms with Crippen LogP contribution >= 0.6 is 11.6 Å². The van der Waals surface area contributed by atoms with E-state index < -0.39 is 5.91 Å². The smallest absolute Gasteiger partial charge is 0.275 e. The molecule has 0 bridgehead atoms. The Kier molecular flexibility index (Phi) is 7.07. The molecule has 0 saturated heterocycles. The van der Waals surface area contributed by atoms with Crippen LogP contribution in [0.4, 0.5) is 5.69 Å². The van der Waals surface area contributed by atoms with Gasteiger partial charge in [-0.2, -0.15) is 5.10 Å². The first kappa shape index (κ1) is 22.5. The van der Waals surface area contributed by atoms with Crippen molar-refractivity contribution in [3.8, 4) is 0 Å². The summed E-state index contributed by atoms with van der Waals surface area (Å²) in [6, 6.07) is 12.2. The molecule has 3 rings (SSSR count). The highest BCUT2D eigenvalue weighted by atomic mass is 35.5. The van der Waals surface area contributed by atoms with Gasteiger partial charge in [-0.3, -0.25) is 14.4 Å². The number of benzene rings is 2. The van der Waals surface area contributed by atoms with E-state index in [0.717, 1.165) is 10.2 Å². The quantitative estimate of drug-likeness (QED) is 0.610. The van der Waals surface area contributed by atoms with Gasteiger partial charge in [-0.25, -0.2) is 4.68 Å². The molecule has 2 aromatic carbocycles. The zero-order chi connectivity index (χ0) is 22.5. The highest BCUT2D eigenvalue weighted by molar-refractivity contribution is 6.31. The van der Waals surface area contributed by atoms with Crippen molar-refractivity contribution >= 4 is 39.9 Å². The number of anilines is 1. The first-order chi connectivity index (χ1) is 14.8. The van der Waals surface area contributed by atoms with Gasteiger partial charge in [0, 0.05) is 29.2 Å². The molecule has 0 radical (unpaired) electrons. The molecule has 3 aromatic rings. The van der Waals surface area contributed by atoms with E-state index in [1.165, 1.54) is 0 Å². The van der Waals surface area contributed by atoms with Gasteiger partial charge in [0.15, 0.2) is 0 Å². The van der Waals surface area contributed by atoms with Crippen molar-refractivity contribution in [2.24, 2.45) is 0 Å². The van der Waals surface area contributed by atoms with Crippen molar-refractivity contribution in [3.63, 3.8) is 0 Å². The minimum absolute atomic E-state index is 0.0532. The molecule has 7 nitrogen and oxygen atoms in total. The highest BCUT2D eigenvalue weighted by Gasteiger charge is 2.17. The molecule has 0 saturated carbocycles. The van der Waals surface area contributed by atoms with Gasteiger partial charge in [-0.05, 0) is 44.5 Å². The van der Waals surface area contributed by atoms with E-state index in [2.05, 4.69) is 10.4 Å². The van der Waals surface area contributed by atoms with Crippen LogP contribution in [0, 0.1) is 6.92 Å². The number of nitrogens with one attached hydrogen (secondary N) is 1. The Morgan fingerprint density at radius 2 is 1.77 bits per heavy atom. The summed E-state index contributed by atoms with van der Waals surface area (Å²) in [5.74, 6) is -0.488. The van der Waals surface area contributed by atoms with Gasteiger partial charge in [0.2, 0.25) is 11.8 Å². The van der Waals surface area contributed by atoms with Crippen molar-refractivity contribution in [1.82, 2.24) is 14.7 Å². The van der Waals surface area contributed by atoms with E-state index in [-0.39, 0.29) is 24.4 Å². The molecule has 31 heavy (non-hydrogen) atoms. The van der Waals surface area contributed by atoms with E-state index in [9.17, 15) is 14.4 Å². The minimum Gasteiger partial charge on any atom is -0.343 e. The summed E-state index contributed by atoms with van der Waals surface area (Å²) in [6.07, 6.45) is 0.0532. The van der Waals surface area contributed by atoms with Gasteiger partial charge >= 0.3 is 0 Å². The SMILES string of the molecule is CCN(CC)C(=O)Cc1nn(CC(=O)Nc2ccc(C)c(Cl)c2)c(=O)c2ccccc12. The fourth-order valence-corrected chi connectivity index (χ4v) is 3.56. The average Bonchev–Trinajstić information content (AvgIpc) is 2.75. The van der Waals surface area contributed by atoms with E-state index in [0.29, 0.717) is 40.3 Å². The highest BCUT2D eigenvalue weighted by Crippen LogP contribution is 2.20. The number of halogens is 1. The number of hydrogen-bond acceptors (Lipinski definition) is 4. The molecule has 162 valence electrons. The van der Waals surface area contributed by atoms with E-state index >= 15 is 0 Å². The summed E-state index contributed by atoms with van der Waals surface area (Å²) in [4.78, 5) is 39.8. The number of likely N-dealkylation sites (N-methyl/N-ethyl adjacent to an activating group) is 1. The van der Waals surface area contributed by atoms with Crippen molar-refractivity contribution in [3.05, 3.63) is 69.1 Å². The van der Waals surface area contributed by atoms with Gasteiger partial charge in [0.05, 0.1) is 17.5 Å². The molecule has 0 atom stereocenters. The van der Waals surface area contributed by atoms with Gasteiger partial charge in [0.25, 0.3) is 5.56 Å². The van der Waals surface area contributed by atoms with Gasteiger partial charge < -0.3 is 10.2 Å². The molecule has 0 spiro atoms. The third-order valence-electron chi connectivity index (χ3n) is 5.13. The third-order valence-corrected chi connectivity index (χ3v) is 5.54.